The lowest BCUT2D eigenvalue weighted by Crippen LogP contribution is -2.51. The van der Waals surface area contributed by atoms with E-state index in [0.29, 0.717) is 25.8 Å². The summed E-state index contributed by atoms with van der Waals surface area (Å²) in [5, 5.41) is 43.3. The molecule has 0 aliphatic rings. The molecule has 0 aromatic carbocycles. The summed E-state index contributed by atoms with van der Waals surface area (Å²) in [5.74, 6) is -2.65. The molecule has 0 aromatic rings. The van der Waals surface area contributed by atoms with E-state index in [0.717, 1.165) is 19.3 Å². The van der Waals surface area contributed by atoms with Gasteiger partial charge in [0.15, 0.2) is 6.29 Å². The van der Waals surface area contributed by atoms with Crippen molar-refractivity contribution in [3.8, 4) is 0 Å². The fourth-order valence-corrected chi connectivity index (χ4v) is 3.57. The van der Waals surface area contributed by atoms with Gasteiger partial charge in [-0.3, -0.25) is 4.79 Å². The molecule has 2 atom stereocenters. The molecule has 0 radical (unpaired) electrons. The monoisotopic (exact) mass is 503 g/mol. The van der Waals surface area contributed by atoms with Gasteiger partial charge in [-0.1, -0.05) is 58.3 Å². The molecule has 11 nitrogen and oxygen atoms in total. The molecule has 0 saturated carbocycles. The summed E-state index contributed by atoms with van der Waals surface area (Å²) in [6, 6.07) is -3.57. The third-order valence-electron chi connectivity index (χ3n) is 5.67. The van der Waals surface area contributed by atoms with Crippen LogP contribution < -0.4 is 16.0 Å². The summed E-state index contributed by atoms with van der Waals surface area (Å²) in [7, 11) is 0. The molecule has 0 fully saturated rings. The molecular formula is C24H45N3O8. The lowest BCUT2D eigenvalue weighted by atomic mass is 10.1. The van der Waals surface area contributed by atoms with Crippen molar-refractivity contribution in [3.63, 3.8) is 0 Å². The number of carbonyl (C=O) groups excluding carboxylic acids is 2. The minimum atomic E-state index is -1.71. The fraction of sp³-hybridized carbons (Fsp3) is 0.833. The molecule has 3 amide bonds. The Morgan fingerprint density at radius 1 is 0.657 bits per heavy atom. The number of aliphatic hydroxyl groups excluding tert-OH is 1. The van der Waals surface area contributed by atoms with Gasteiger partial charge in [-0.25, -0.2) is 14.4 Å². The minimum Gasteiger partial charge on any atom is -0.480 e. The van der Waals surface area contributed by atoms with E-state index < -0.39 is 36.3 Å². The summed E-state index contributed by atoms with van der Waals surface area (Å²) in [5.41, 5.74) is 0. The number of hydrogen-bond acceptors (Lipinski definition) is 6. The third kappa shape index (κ3) is 19.6. The highest BCUT2D eigenvalue weighted by Gasteiger charge is 2.24. The second-order valence-electron chi connectivity index (χ2n) is 8.88. The van der Waals surface area contributed by atoms with Crippen LogP contribution in [0.2, 0.25) is 0 Å². The number of urea groups is 1. The van der Waals surface area contributed by atoms with Crippen molar-refractivity contribution >= 4 is 23.9 Å². The smallest absolute Gasteiger partial charge is 0.326 e. The standard InChI is InChI=1S/C24H45N3O8/c1-2-3-4-5-6-7-8-9-10-14-20(28)25-17-12-11-13-18(22(31)32)26-24(35)27-19(23(33)34)15-16-21(29)30/h18-19,21,29-30H,2-17H2,1H3,(H,25,28)(H,31,32)(H,33,34)(H2,26,27,35)/t18-,19-/m0/s1. The molecule has 0 aliphatic heterocycles. The van der Waals surface area contributed by atoms with Crippen LogP contribution in [-0.2, 0) is 14.4 Å². The predicted octanol–water partition coefficient (Wildman–Crippen LogP) is 2.49. The zero-order valence-corrected chi connectivity index (χ0v) is 21.0. The molecule has 204 valence electrons. The average molecular weight is 504 g/mol. The molecule has 0 bridgehead atoms. The first-order valence-corrected chi connectivity index (χ1v) is 12.8. The molecule has 11 heteroatoms. The van der Waals surface area contributed by atoms with Gasteiger partial charge in [-0.15, -0.1) is 0 Å². The summed E-state index contributed by atoms with van der Waals surface area (Å²) < 4.78 is 0. The van der Waals surface area contributed by atoms with Crippen molar-refractivity contribution in [1.29, 1.82) is 0 Å². The van der Waals surface area contributed by atoms with Crippen molar-refractivity contribution in [3.05, 3.63) is 0 Å². The topological polar surface area (TPSA) is 185 Å². The van der Waals surface area contributed by atoms with Gasteiger partial charge in [0.1, 0.15) is 12.1 Å². The van der Waals surface area contributed by atoms with Crippen LogP contribution >= 0.6 is 0 Å². The summed E-state index contributed by atoms with van der Waals surface area (Å²) >= 11 is 0. The Labute approximate surface area is 208 Å². The number of hydrogen-bond donors (Lipinski definition) is 7. The van der Waals surface area contributed by atoms with Crippen molar-refractivity contribution in [2.24, 2.45) is 0 Å². The van der Waals surface area contributed by atoms with Gasteiger partial charge in [0.05, 0.1) is 0 Å². The van der Waals surface area contributed by atoms with Gasteiger partial charge in [0, 0.05) is 19.4 Å². The third-order valence-corrected chi connectivity index (χ3v) is 5.67. The largest absolute Gasteiger partial charge is 0.480 e. The second kappa shape index (κ2) is 20.9. The van der Waals surface area contributed by atoms with E-state index in [1.165, 1.54) is 38.5 Å². The Balaban J connectivity index is 4.00. The average Bonchev–Trinajstić information content (AvgIpc) is 2.79. The molecule has 0 saturated heterocycles. The highest BCUT2D eigenvalue weighted by atomic mass is 16.5. The second-order valence-corrected chi connectivity index (χ2v) is 8.88. The number of carboxylic acid groups (broad SMARTS) is 2. The van der Waals surface area contributed by atoms with E-state index in [1.807, 2.05) is 0 Å². The number of carbonyl (C=O) groups is 4. The molecule has 0 rings (SSSR count). The molecule has 7 N–H and O–H groups in total. The summed E-state index contributed by atoms with van der Waals surface area (Å²) in [6.07, 6.45) is 10.0. The summed E-state index contributed by atoms with van der Waals surface area (Å²) in [6.45, 7) is 2.62. The van der Waals surface area contributed by atoms with Gasteiger partial charge >= 0.3 is 18.0 Å². The Morgan fingerprint density at radius 2 is 1.17 bits per heavy atom. The predicted molar refractivity (Wildman–Crippen MR) is 131 cm³/mol. The van der Waals surface area contributed by atoms with Crippen LogP contribution in [0, 0.1) is 0 Å². The first-order valence-electron chi connectivity index (χ1n) is 12.8. The normalized spacial score (nSPS) is 12.7. The zero-order chi connectivity index (χ0) is 26.5. The first-order chi connectivity index (χ1) is 16.7. The molecule has 0 heterocycles. The number of unbranched alkanes of at least 4 members (excludes halogenated alkanes) is 9. The van der Waals surface area contributed by atoms with Crippen LogP contribution in [-0.4, -0.2) is 69.2 Å². The van der Waals surface area contributed by atoms with Gasteiger partial charge in [-0.05, 0) is 32.1 Å². The van der Waals surface area contributed by atoms with Crippen molar-refractivity contribution in [1.82, 2.24) is 16.0 Å². The number of rotatable bonds is 22. The van der Waals surface area contributed by atoms with Crippen LogP contribution in [0.3, 0.4) is 0 Å². The lowest BCUT2D eigenvalue weighted by molar-refractivity contribution is -0.140. The van der Waals surface area contributed by atoms with E-state index in [4.69, 9.17) is 15.3 Å². The highest BCUT2D eigenvalue weighted by molar-refractivity contribution is 5.86. The van der Waals surface area contributed by atoms with Crippen LogP contribution in [0.1, 0.15) is 103 Å². The van der Waals surface area contributed by atoms with Gasteiger partial charge in [0.2, 0.25) is 5.91 Å². The van der Waals surface area contributed by atoms with Crippen molar-refractivity contribution in [2.45, 2.75) is 122 Å². The maximum absolute atomic E-state index is 12.0. The zero-order valence-electron chi connectivity index (χ0n) is 21.0. The Kier molecular flexibility index (Phi) is 19.5. The van der Waals surface area contributed by atoms with Gasteiger partial charge < -0.3 is 36.4 Å². The number of amides is 3. The highest BCUT2D eigenvalue weighted by Crippen LogP contribution is 2.10. The fourth-order valence-electron chi connectivity index (χ4n) is 3.57. The number of nitrogens with one attached hydrogen (secondary N) is 3. The molecule has 0 unspecified atom stereocenters. The number of carboxylic acids is 2. The van der Waals surface area contributed by atoms with E-state index in [1.54, 1.807) is 0 Å². The van der Waals surface area contributed by atoms with Crippen molar-refractivity contribution < 1.29 is 39.6 Å². The van der Waals surface area contributed by atoms with Crippen LogP contribution in [0.25, 0.3) is 0 Å². The quantitative estimate of drug-likeness (QED) is 0.0867. The SMILES string of the molecule is CCCCCCCCCCCC(=O)NCCCC[C@H](NC(=O)N[C@@H](CCC(O)O)C(=O)O)C(=O)O. The van der Waals surface area contributed by atoms with Gasteiger partial charge in [0.25, 0.3) is 0 Å². The summed E-state index contributed by atoms with van der Waals surface area (Å²) in [4.78, 5) is 46.5. The maximum Gasteiger partial charge on any atom is 0.326 e. The molecule has 0 aromatic heterocycles. The van der Waals surface area contributed by atoms with Crippen LogP contribution in [0.4, 0.5) is 4.79 Å². The Hall–Kier alpha value is -2.40. The molecule has 0 aliphatic carbocycles. The van der Waals surface area contributed by atoms with E-state index in [2.05, 4.69) is 22.9 Å². The Morgan fingerprint density at radius 3 is 1.69 bits per heavy atom. The first kappa shape index (κ1) is 32.6. The van der Waals surface area contributed by atoms with Crippen LogP contribution in [0.15, 0.2) is 0 Å². The van der Waals surface area contributed by atoms with E-state index in [9.17, 15) is 24.3 Å². The van der Waals surface area contributed by atoms with Crippen LogP contribution in [0.5, 0.6) is 0 Å². The van der Waals surface area contributed by atoms with E-state index >= 15 is 0 Å². The Bertz CT molecular complexity index is 616. The molecule has 0 spiro atoms. The molecule has 35 heavy (non-hydrogen) atoms. The van der Waals surface area contributed by atoms with E-state index in [-0.39, 0.29) is 25.2 Å². The maximum atomic E-state index is 12.0. The van der Waals surface area contributed by atoms with Gasteiger partial charge in [-0.2, -0.15) is 0 Å². The molecular weight excluding hydrogens is 458 g/mol. The lowest BCUT2D eigenvalue weighted by Gasteiger charge is -2.19. The number of aliphatic hydroxyl groups is 2. The van der Waals surface area contributed by atoms with Crippen molar-refractivity contribution in [2.75, 3.05) is 6.54 Å². The minimum absolute atomic E-state index is 0.0204. The number of aliphatic carboxylic acids is 2.